The van der Waals surface area contributed by atoms with Gasteiger partial charge >= 0.3 is 0 Å². The predicted molar refractivity (Wildman–Crippen MR) is 141 cm³/mol. The number of rotatable bonds is 6. The van der Waals surface area contributed by atoms with Crippen molar-refractivity contribution < 1.29 is 36.6 Å². The van der Waals surface area contributed by atoms with Gasteiger partial charge in [-0.2, -0.15) is 0 Å². The van der Waals surface area contributed by atoms with Crippen LogP contribution in [0.15, 0.2) is 53.4 Å². The van der Waals surface area contributed by atoms with Gasteiger partial charge in [0, 0.05) is 17.3 Å². The normalized spacial score (nSPS) is 25.0. The molecule has 0 aliphatic heterocycles. The molecule has 1 heterocycles. The lowest BCUT2D eigenvalue weighted by Crippen LogP contribution is -2.52. The number of fused-ring (bicyclic) bond motifs is 2. The van der Waals surface area contributed by atoms with Gasteiger partial charge < -0.3 is 15.5 Å². The number of pyridine rings is 1. The molecule has 2 aromatic carbocycles. The van der Waals surface area contributed by atoms with Gasteiger partial charge in [0.05, 0.1) is 26.6 Å². The van der Waals surface area contributed by atoms with E-state index in [-0.39, 0.29) is 45.4 Å². The summed E-state index contributed by atoms with van der Waals surface area (Å²) in [4.78, 5) is 16.6. The van der Waals surface area contributed by atoms with E-state index >= 15 is 0 Å². The van der Waals surface area contributed by atoms with Crippen LogP contribution in [0, 0.1) is 36.2 Å². The number of hydrogen-bond acceptors (Lipinski definition) is 6. The topological polar surface area (TPSA) is 117 Å². The number of aromatic nitrogens is 1. The van der Waals surface area contributed by atoms with E-state index in [0.29, 0.717) is 12.8 Å². The van der Waals surface area contributed by atoms with E-state index < -0.39 is 62.0 Å². The molecule has 7 nitrogen and oxygen atoms in total. The van der Waals surface area contributed by atoms with Crippen LogP contribution in [-0.4, -0.2) is 40.4 Å². The fourth-order valence-corrected chi connectivity index (χ4v) is 8.42. The minimum absolute atomic E-state index is 0.0178. The zero-order chi connectivity index (χ0) is 29.0. The van der Waals surface area contributed by atoms with Crippen LogP contribution in [0.2, 0.25) is 5.02 Å². The Morgan fingerprint density at radius 3 is 2.30 bits per heavy atom. The van der Waals surface area contributed by atoms with Crippen LogP contribution in [0.1, 0.15) is 53.5 Å². The zero-order valence-electron chi connectivity index (χ0n) is 21.2. The van der Waals surface area contributed by atoms with E-state index in [9.17, 15) is 36.6 Å². The number of sulfone groups is 1. The van der Waals surface area contributed by atoms with Crippen molar-refractivity contribution in [3.63, 3.8) is 0 Å². The van der Waals surface area contributed by atoms with Gasteiger partial charge in [0.15, 0.2) is 21.5 Å². The van der Waals surface area contributed by atoms with Crippen LogP contribution < -0.4 is 5.32 Å². The maximum absolute atomic E-state index is 13.8. The second kappa shape index (κ2) is 10.4. The van der Waals surface area contributed by atoms with Crippen molar-refractivity contribution in [3.8, 4) is 0 Å². The minimum atomic E-state index is -4.09. The standard InChI is InChI=1S/C28H26ClF3N2O5S/c1-14-21(30)8-9-24(33-14)26(35)28(37)16-3-4-17(28)12-19(11-16)40(38,39)25-10-15(2-6-20(25)29)27(36)34-18-5-7-22(31)23(32)13-18/h2,5-10,13,16-17,19,26,35,37H,3-4,11-12H2,1H3,(H,34,36)/t16-,17?,19-,26?,28-/m0/s1. The highest BCUT2D eigenvalue weighted by Gasteiger charge is 2.59. The molecule has 3 N–H and O–H groups in total. The summed E-state index contributed by atoms with van der Waals surface area (Å²) in [6.07, 6.45) is -0.397. The molecule has 212 valence electrons. The number of halogens is 4. The summed E-state index contributed by atoms with van der Waals surface area (Å²) < 4.78 is 68.0. The average Bonchev–Trinajstić information content (AvgIpc) is 3.07. The summed E-state index contributed by atoms with van der Waals surface area (Å²) in [5, 5.41) is 24.1. The number of aliphatic hydroxyl groups excluding tert-OH is 1. The molecule has 0 saturated heterocycles. The smallest absolute Gasteiger partial charge is 0.255 e. The molecule has 2 fully saturated rings. The zero-order valence-corrected chi connectivity index (χ0v) is 22.8. The van der Waals surface area contributed by atoms with Gasteiger partial charge in [-0.15, -0.1) is 0 Å². The fourth-order valence-electron chi connectivity index (χ4n) is 6.01. The summed E-state index contributed by atoms with van der Waals surface area (Å²) in [6, 6.07) is 9.02. The molecule has 1 aromatic heterocycles. The number of carbonyl (C=O) groups is 1. The molecule has 2 bridgehead atoms. The Balaban J connectivity index is 1.39. The second-order valence-electron chi connectivity index (χ2n) is 10.4. The molecule has 2 saturated carbocycles. The summed E-state index contributed by atoms with van der Waals surface area (Å²) in [6.45, 7) is 1.45. The van der Waals surface area contributed by atoms with Gasteiger partial charge in [-0.1, -0.05) is 11.6 Å². The largest absolute Gasteiger partial charge is 0.386 e. The first-order chi connectivity index (χ1) is 18.8. The van der Waals surface area contributed by atoms with Crippen LogP contribution >= 0.6 is 11.6 Å². The number of benzene rings is 2. The quantitative estimate of drug-likeness (QED) is 0.364. The molecule has 2 unspecified atom stereocenters. The maximum atomic E-state index is 13.8. The molecule has 1 amide bonds. The van der Waals surface area contributed by atoms with Crippen molar-refractivity contribution >= 4 is 33.0 Å². The average molecular weight is 595 g/mol. The SMILES string of the molecule is Cc1nc(C(O)[C@@]2(O)C3CC[C@H]2C[C@H](S(=O)(=O)c2cc(C(=O)Nc4ccc(F)c(F)c4)ccc2Cl)C3)ccc1F. The van der Waals surface area contributed by atoms with Crippen molar-refractivity contribution in [2.75, 3.05) is 5.32 Å². The van der Waals surface area contributed by atoms with Crippen LogP contribution in [0.3, 0.4) is 0 Å². The molecule has 12 heteroatoms. The third-order valence-electron chi connectivity index (χ3n) is 8.14. The van der Waals surface area contributed by atoms with Crippen molar-refractivity contribution in [2.45, 2.75) is 54.5 Å². The lowest BCUT2D eigenvalue weighted by molar-refractivity contribution is -0.145. The number of aliphatic hydroxyl groups is 2. The summed E-state index contributed by atoms with van der Waals surface area (Å²) >= 11 is 6.28. The molecule has 0 spiro atoms. The molecule has 5 rings (SSSR count). The molecule has 2 aliphatic rings. The van der Waals surface area contributed by atoms with Crippen molar-refractivity contribution in [2.24, 2.45) is 11.8 Å². The first kappa shape index (κ1) is 28.5. The van der Waals surface area contributed by atoms with Crippen molar-refractivity contribution in [3.05, 3.63) is 88.0 Å². The first-order valence-corrected chi connectivity index (χ1v) is 14.6. The molecule has 5 atom stereocenters. The van der Waals surface area contributed by atoms with Gasteiger partial charge in [-0.25, -0.2) is 21.6 Å². The van der Waals surface area contributed by atoms with Crippen LogP contribution in [0.5, 0.6) is 0 Å². The molecular formula is C28H26ClF3N2O5S. The number of amides is 1. The first-order valence-electron chi connectivity index (χ1n) is 12.7. The third kappa shape index (κ3) is 4.89. The Kier molecular flexibility index (Phi) is 7.45. The number of hydrogen-bond donors (Lipinski definition) is 3. The Morgan fingerprint density at radius 1 is 1.02 bits per heavy atom. The fraction of sp³-hybridized carbons (Fsp3) is 0.357. The molecule has 0 radical (unpaired) electrons. The Morgan fingerprint density at radius 2 is 1.68 bits per heavy atom. The number of carbonyl (C=O) groups excluding carboxylic acids is 1. The monoisotopic (exact) mass is 594 g/mol. The number of aryl methyl sites for hydroxylation is 1. The van der Waals surface area contributed by atoms with Gasteiger partial charge in [0.1, 0.15) is 17.5 Å². The summed E-state index contributed by atoms with van der Waals surface area (Å²) in [7, 11) is -4.09. The van der Waals surface area contributed by atoms with E-state index in [4.69, 9.17) is 11.6 Å². The number of nitrogens with one attached hydrogen (secondary N) is 1. The summed E-state index contributed by atoms with van der Waals surface area (Å²) in [5.74, 6) is -4.68. The van der Waals surface area contributed by atoms with E-state index in [1.807, 2.05) is 0 Å². The van der Waals surface area contributed by atoms with E-state index in [2.05, 4.69) is 10.3 Å². The van der Waals surface area contributed by atoms with Crippen LogP contribution in [0.4, 0.5) is 18.9 Å². The Bertz CT molecular complexity index is 1590. The van der Waals surface area contributed by atoms with Gasteiger partial charge in [-0.05, 0) is 86.9 Å². The molecule has 40 heavy (non-hydrogen) atoms. The summed E-state index contributed by atoms with van der Waals surface area (Å²) in [5.41, 5.74) is -1.53. The van der Waals surface area contributed by atoms with Crippen LogP contribution in [0.25, 0.3) is 0 Å². The highest BCUT2D eigenvalue weighted by atomic mass is 35.5. The van der Waals surface area contributed by atoms with Crippen molar-refractivity contribution in [1.29, 1.82) is 0 Å². The number of anilines is 1. The van der Waals surface area contributed by atoms with E-state index in [1.165, 1.54) is 37.3 Å². The minimum Gasteiger partial charge on any atom is -0.386 e. The van der Waals surface area contributed by atoms with E-state index in [0.717, 1.165) is 18.2 Å². The Labute approximate surface area is 233 Å². The van der Waals surface area contributed by atoms with Gasteiger partial charge in [-0.3, -0.25) is 9.78 Å². The maximum Gasteiger partial charge on any atom is 0.255 e. The predicted octanol–water partition coefficient (Wildman–Crippen LogP) is 5.14. The highest BCUT2D eigenvalue weighted by molar-refractivity contribution is 7.92. The van der Waals surface area contributed by atoms with Gasteiger partial charge in [0.2, 0.25) is 0 Å². The van der Waals surface area contributed by atoms with Gasteiger partial charge in [0.25, 0.3) is 5.91 Å². The Hall–Kier alpha value is -2.99. The van der Waals surface area contributed by atoms with Crippen LogP contribution in [-0.2, 0) is 9.84 Å². The lowest BCUT2D eigenvalue weighted by atomic mass is 9.70. The molecule has 3 aromatic rings. The second-order valence-corrected chi connectivity index (χ2v) is 13.0. The molecular weight excluding hydrogens is 569 g/mol. The van der Waals surface area contributed by atoms with Crippen molar-refractivity contribution in [1.82, 2.24) is 4.98 Å². The lowest BCUT2D eigenvalue weighted by Gasteiger charge is -2.45. The van der Waals surface area contributed by atoms with E-state index in [1.54, 1.807) is 0 Å². The molecule has 2 aliphatic carbocycles. The third-order valence-corrected chi connectivity index (χ3v) is 10.8. The number of nitrogens with zero attached hydrogens (tertiary/aromatic N) is 1. The highest BCUT2D eigenvalue weighted by Crippen LogP contribution is 2.56.